The fourth-order valence-corrected chi connectivity index (χ4v) is 1.48. The van der Waals surface area contributed by atoms with Crippen molar-refractivity contribution >= 4 is 17.5 Å². The van der Waals surface area contributed by atoms with E-state index in [4.69, 9.17) is 11.5 Å². The third kappa shape index (κ3) is 4.55. The van der Waals surface area contributed by atoms with Crippen molar-refractivity contribution in [2.75, 3.05) is 12.3 Å². The van der Waals surface area contributed by atoms with E-state index < -0.39 is 5.91 Å². The summed E-state index contributed by atoms with van der Waals surface area (Å²) in [5.74, 6) is -0.657. The number of carbonyl (C=O) groups excluding carboxylic acids is 2. The highest BCUT2D eigenvalue weighted by Gasteiger charge is 2.11. The molecule has 0 aliphatic rings. The minimum atomic E-state index is -0.543. The summed E-state index contributed by atoms with van der Waals surface area (Å²) in [5, 5.41) is 2.46. The third-order valence-corrected chi connectivity index (χ3v) is 2.46. The lowest BCUT2D eigenvalue weighted by Gasteiger charge is -2.11. The number of hydrogen-bond donors (Lipinski definition) is 3. The van der Waals surface area contributed by atoms with Crippen LogP contribution in [0.2, 0.25) is 0 Å². The van der Waals surface area contributed by atoms with Gasteiger partial charge in [0.15, 0.2) is 0 Å². The van der Waals surface area contributed by atoms with Crippen LogP contribution in [0, 0.1) is 0 Å². The second-order valence-electron chi connectivity index (χ2n) is 4.01. The number of anilines is 1. The number of rotatable bonds is 5. The van der Waals surface area contributed by atoms with E-state index in [1.54, 1.807) is 12.1 Å². The first-order valence-electron chi connectivity index (χ1n) is 5.39. The summed E-state index contributed by atoms with van der Waals surface area (Å²) >= 11 is 0. The number of nitrogens with one attached hydrogen (secondary N) is 1. The van der Waals surface area contributed by atoms with Crippen LogP contribution < -0.4 is 16.8 Å². The summed E-state index contributed by atoms with van der Waals surface area (Å²) in [6.07, 6.45) is 0.317. The quantitative estimate of drug-likeness (QED) is 0.643. The minimum absolute atomic E-state index is 0.0727. The molecule has 1 rings (SSSR count). The lowest BCUT2D eigenvalue weighted by atomic mass is 9.97. The molecule has 0 radical (unpaired) electrons. The number of hydrogen-bond acceptors (Lipinski definition) is 3. The summed E-state index contributed by atoms with van der Waals surface area (Å²) in [6, 6.07) is 7.38. The van der Waals surface area contributed by atoms with Crippen LogP contribution in [-0.4, -0.2) is 18.4 Å². The van der Waals surface area contributed by atoms with E-state index in [1.165, 1.54) is 0 Å². The van der Waals surface area contributed by atoms with Gasteiger partial charge < -0.3 is 16.8 Å². The van der Waals surface area contributed by atoms with Gasteiger partial charge in [0, 0.05) is 12.1 Å². The average molecular weight is 235 g/mol. The first kappa shape index (κ1) is 13.0. The Kier molecular flexibility index (Phi) is 4.51. The van der Waals surface area contributed by atoms with Crippen molar-refractivity contribution in [2.24, 2.45) is 5.73 Å². The molecule has 5 heteroatoms. The zero-order valence-electron chi connectivity index (χ0n) is 9.77. The van der Waals surface area contributed by atoms with Crippen LogP contribution in [0.3, 0.4) is 0 Å². The summed E-state index contributed by atoms with van der Waals surface area (Å²) < 4.78 is 0. The Morgan fingerprint density at radius 1 is 1.29 bits per heavy atom. The number of nitrogen functional groups attached to an aromatic ring is 1. The molecule has 0 aliphatic heterocycles. The van der Waals surface area contributed by atoms with Gasteiger partial charge in [-0.2, -0.15) is 0 Å². The van der Waals surface area contributed by atoms with Crippen molar-refractivity contribution in [3.05, 3.63) is 29.8 Å². The van der Waals surface area contributed by atoms with Crippen LogP contribution in [0.5, 0.6) is 0 Å². The van der Waals surface area contributed by atoms with E-state index in [-0.39, 0.29) is 18.4 Å². The molecule has 1 aromatic carbocycles. The average Bonchev–Trinajstić information content (AvgIpc) is 2.27. The first-order valence-corrected chi connectivity index (χ1v) is 5.39. The number of carbonyl (C=O) groups is 2. The fourth-order valence-electron chi connectivity index (χ4n) is 1.48. The number of nitrogens with two attached hydrogens (primary N) is 2. The predicted octanol–water partition coefficient (Wildman–Crippen LogP) is 0.364. The largest absolute Gasteiger partial charge is 0.399 e. The highest BCUT2D eigenvalue weighted by Crippen LogP contribution is 2.19. The van der Waals surface area contributed by atoms with Gasteiger partial charge in [0.05, 0.1) is 6.54 Å². The van der Waals surface area contributed by atoms with E-state index in [0.29, 0.717) is 12.1 Å². The van der Waals surface area contributed by atoms with Gasteiger partial charge in [-0.1, -0.05) is 19.1 Å². The normalized spacial score (nSPS) is 11.8. The number of benzene rings is 1. The molecule has 92 valence electrons. The molecule has 1 aromatic rings. The van der Waals surface area contributed by atoms with Crippen LogP contribution >= 0.6 is 0 Å². The van der Waals surface area contributed by atoms with Crippen LogP contribution in [0.4, 0.5) is 5.69 Å². The minimum Gasteiger partial charge on any atom is -0.399 e. The van der Waals surface area contributed by atoms with Gasteiger partial charge in [-0.3, -0.25) is 9.59 Å². The van der Waals surface area contributed by atoms with Gasteiger partial charge in [-0.25, -0.2) is 0 Å². The Morgan fingerprint density at radius 3 is 2.41 bits per heavy atom. The summed E-state index contributed by atoms with van der Waals surface area (Å²) in [6.45, 7) is 1.82. The molecule has 5 N–H and O–H groups in total. The van der Waals surface area contributed by atoms with Crippen LogP contribution in [0.15, 0.2) is 24.3 Å². The standard InChI is InChI=1S/C12H17N3O2/c1-8(6-12(17)15-7-11(14)16)9-2-4-10(13)5-3-9/h2-5,8H,6-7,13H2,1H3,(H2,14,16)(H,15,17). The molecule has 0 heterocycles. The van der Waals surface area contributed by atoms with E-state index in [0.717, 1.165) is 5.56 Å². The molecule has 1 atom stereocenters. The Bertz CT molecular complexity index is 401. The first-order chi connectivity index (χ1) is 7.99. The molecule has 0 spiro atoms. The summed E-state index contributed by atoms with van der Waals surface area (Å²) in [5.41, 5.74) is 12.2. The van der Waals surface area contributed by atoms with Gasteiger partial charge in [0.25, 0.3) is 0 Å². The van der Waals surface area contributed by atoms with Crippen molar-refractivity contribution in [3.63, 3.8) is 0 Å². The van der Waals surface area contributed by atoms with E-state index in [1.807, 2.05) is 19.1 Å². The molecule has 0 bridgehead atoms. The van der Waals surface area contributed by atoms with Gasteiger partial charge in [-0.15, -0.1) is 0 Å². The van der Waals surface area contributed by atoms with Crippen molar-refractivity contribution in [1.29, 1.82) is 0 Å². The monoisotopic (exact) mass is 235 g/mol. The van der Waals surface area contributed by atoms with E-state index in [2.05, 4.69) is 5.32 Å². The lowest BCUT2D eigenvalue weighted by molar-refractivity contribution is -0.125. The van der Waals surface area contributed by atoms with Crippen LogP contribution in [0.25, 0.3) is 0 Å². The molecule has 1 unspecified atom stereocenters. The lowest BCUT2D eigenvalue weighted by Crippen LogP contribution is -2.33. The molecule has 2 amide bonds. The molecular weight excluding hydrogens is 218 g/mol. The Morgan fingerprint density at radius 2 is 1.88 bits per heavy atom. The van der Waals surface area contributed by atoms with Crippen LogP contribution in [-0.2, 0) is 9.59 Å². The predicted molar refractivity (Wildman–Crippen MR) is 66.1 cm³/mol. The smallest absolute Gasteiger partial charge is 0.236 e. The molecule has 17 heavy (non-hydrogen) atoms. The fraction of sp³-hybridized carbons (Fsp3) is 0.333. The van der Waals surface area contributed by atoms with E-state index >= 15 is 0 Å². The summed E-state index contributed by atoms with van der Waals surface area (Å²) in [7, 11) is 0. The van der Waals surface area contributed by atoms with Crippen LogP contribution in [0.1, 0.15) is 24.8 Å². The molecule has 0 fully saturated rings. The Balaban J connectivity index is 2.48. The molecule has 0 saturated carbocycles. The maximum absolute atomic E-state index is 11.5. The number of primary amides is 1. The van der Waals surface area contributed by atoms with Crippen molar-refractivity contribution in [1.82, 2.24) is 5.32 Å². The second kappa shape index (κ2) is 5.89. The molecule has 0 aliphatic carbocycles. The molecular formula is C12H17N3O2. The zero-order valence-corrected chi connectivity index (χ0v) is 9.77. The number of amides is 2. The van der Waals surface area contributed by atoms with Crippen molar-refractivity contribution < 1.29 is 9.59 Å². The van der Waals surface area contributed by atoms with Gasteiger partial charge in [0.2, 0.25) is 11.8 Å². The Labute approximate surface area is 100 Å². The van der Waals surface area contributed by atoms with Gasteiger partial charge in [0.1, 0.15) is 0 Å². The molecule has 5 nitrogen and oxygen atoms in total. The SMILES string of the molecule is CC(CC(=O)NCC(N)=O)c1ccc(N)cc1. The van der Waals surface area contributed by atoms with Crippen molar-refractivity contribution in [3.8, 4) is 0 Å². The Hall–Kier alpha value is -2.04. The van der Waals surface area contributed by atoms with Gasteiger partial charge in [-0.05, 0) is 23.6 Å². The highest BCUT2D eigenvalue weighted by molar-refractivity contribution is 5.84. The molecule has 0 saturated heterocycles. The third-order valence-electron chi connectivity index (χ3n) is 2.46. The zero-order chi connectivity index (χ0) is 12.8. The van der Waals surface area contributed by atoms with Gasteiger partial charge >= 0.3 is 0 Å². The molecule has 0 aromatic heterocycles. The maximum atomic E-state index is 11.5. The van der Waals surface area contributed by atoms with E-state index in [9.17, 15) is 9.59 Å². The summed E-state index contributed by atoms with van der Waals surface area (Å²) in [4.78, 5) is 21.9. The second-order valence-corrected chi connectivity index (χ2v) is 4.01. The maximum Gasteiger partial charge on any atom is 0.236 e. The highest BCUT2D eigenvalue weighted by atomic mass is 16.2. The van der Waals surface area contributed by atoms with Crippen molar-refractivity contribution in [2.45, 2.75) is 19.3 Å². The topological polar surface area (TPSA) is 98.2 Å².